The Morgan fingerprint density at radius 3 is 2.62 bits per heavy atom. The van der Waals surface area contributed by atoms with Crippen molar-refractivity contribution in [1.82, 2.24) is 4.31 Å². The minimum atomic E-state index is -3.65. The highest BCUT2D eigenvalue weighted by Gasteiger charge is 2.59. The Labute approximate surface area is 123 Å². The summed E-state index contributed by atoms with van der Waals surface area (Å²) in [5.41, 5.74) is 5.85. The molecule has 112 valence electrons. The van der Waals surface area contributed by atoms with Crippen LogP contribution in [0.2, 0.25) is 0 Å². The summed E-state index contributed by atoms with van der Waals surface area (Å²) in [4.78, 5) is 11.9. The first-order valence-electron chi connectivity index (χ1n) is 6.26. The molecule has 1 aliphatic rings. The largest absolute Gasteiger partial charge is 0.320 e. The van der Waals surface area contributed by atoms with Crippen LogP contribution in [-0.4, -0.2) is 29.9 Å². The molecule has 1 aromatic carbocycles. The van der Waals surface area contributed by atoms with Gasteiger partial charge in [-0.1, -0.05) is 17.9 Å². The van der Waals surface area contributed by atoms with Gasteiger partial charge in [0.15, 0.2) is 4.75 Å². The Morgan fingerprint density at radius 2 is 2.05 bits per heavy atom. The van der Waals surface area contributed by atoms with Crippen molar-refractivity contribution in [3.63, 3.8) is 0 Å². The van der Waals surface area contributed by atoms with E-state index in [1.54, 1.807) is 0 Å². The minimum Gasteiger partial charge on any atom is -0.320 e. The van der Waals surface area contributed by atoms with Gasteiger partial charge in [0.05, 0.1) is 18.7 Å². The number of carbonyl (C=O) groups is 1. The number of halogens is 1. The van der Waals surface area contributed by atoms with Gasteiger partial charge in [-0.05, 0) is 31.5 Å². The van der Waals surface area contributed by atoms with Gasteiger partial charge in [0.25, 0.3) is 15.9 Å². The first-order valence-corrected chi connectivity index (χ1v) is 7.70. The van der Waals surface area contributed by atoms with Crippen LogP contribution in [0.3, 0.4) is 0 Å². The summed E-state index contributed by atoms with van der Waals surface area (Å²) < 4.78 is 36.9. The molecular weight excluding hydrogens is 295 g/mol. The van der Waals surface area contributed by atoms with E-state index in [1.165, 1.54) is 32.0 Å². The van der Waals surface area contributed by atoms with E-state index < -0.39 is 26.5 Å². The molecule has 1 aromatic rings. The zero-order valence-electron chi connectivity index (χ0n) is 11.7. The summed E-state index contributed by atoms with van der Waals surface area (Å²) >= 11 is 0. The summed E-state index contributed by atoms with van der Waals surface area (Å²) in [7, 11) is -3.65. The van der Waals surface area contributed by atoms with E-state index >= 15 is 0 Å². The lowest BCUT2D eigenvalue weighted by atomic mass is 10.1. The fourth-order valence-corrected chi connectivity index (χ4v) is 3.51. The lowest BCUT2D eigenvalue weighted by Crippen LogP contribution is -2.66. The molecule has 0 saturated carbocycles. The molecule has 7 heteroatoms. The zero-order valence-corrected chi connectivity index (χ0v) is 12.5. The summed E-state index contributed by atoms with van der Waals surface area (Å²) in [5, 5.41) is 0. The topological polar surface area (TPSA) is 80.5 Å². The van der Waals surface area contributed by atoms with Crippen LogP contribution < -0.4 is 5.73 Å². The van der Waals surface area contributed by atoms with Gasteiger partial charge in [0.2, 0.25) is 0 Å². The predicted octanol–water partition coefficient (Wildman–Crippen LogP) is 0.587. The van der Waals surface area contributed by atoms with Crippen LogP contribution in [0.1, 0.15) is 25.0 Å². The fraction of sp³-hybridized carbons (Fsp3) is 0.357. The molecule has 1 saturated heterocycles. The molecule has 2 N–H and O–H groups in total. The number of benzene rings is 1. The Kier molecular flexibility index (Phi) is 3.78. The van der Waals surface area contributed by atoms with Gasteiger partial charge in [-0.25, -0.2) is 17.1 Å². The average Bonchev–Trinajstić information content (AvgIpc) is 2.43. The highest BCUT2D eigenvalue weighted by Crippen LogP contribution is 2.36. The molecule has 1 amide bonds. The monoisotopic (exact) mass is 310 g/mol. The second kappa shape index (κ2) is 5.13. The van der Waals surface area contributed by atoms with E-state index in [4.69, 9.17) is 5.73 Å². The highest BCUT2D eigenvalue weighted by atomic mass is 32.2. The van der Waals surface area contributed by atoms with Crippen LogP contribution in [0.4, 0.5) is 4.39 Å². The summed E-state index contributed by atoms with van der Waals surface area (Å²) in [6.45, 7) is 2.70. The zero-order chi connectivity index (χ0) is 15.8. The smallest absolute Gasteiger partial charge is 0.259 e. The van der Waals surface area contributed by atoms with Crippen molar-refractivity contribution in [1.29, 1.82) is 0 Å². The van der Waals surface area contributed by atoms with Crippen LogP contribution >= 0.6 is 0 Å². The number of amides is 1. The number of nitrogens with zero attached hydrogens (tertiary/aromatic N) is 1. The van der Waals surface area contributed by atoms with Crippen molar-refractivity contribution in [2.75, 3.05) is 6.54 Å². The first kappa shape index (κ1) is 15.5. The Hall–Kier alpha value is -1.91. The van der Waals surface area contributed by atoms with E-state index in [-0.39, 0.29) is 18.7 Å². The average molecular weight is 310 g/mol. The van der Waals surface area contributed by atoms with Crippen LogP contribution in [0.5, 0.6) is 0 Å². The molecule has 0 radical (unpaired) electrons. The molecule has 0 unspecified atom stereocenters. The lowest BCUT2D eigenvalue weighted by molar-refractivity contribution is -0.132. The van der Waals surface area contributed by atoms with Gasteiger partial charge in [-0.3, -0.25) is 4.79 Å². The molecule has 1 fully saturated rings. The standard InChI is InChI=1S/C14H15FN2O3S/c1-14(2)13(18)17(21(14,19)20)9-10-5-6-12(15)11(8-10)4-3-7-16/h5-6,8H,7,9,16H2,1-2H3. The molecule has 21 heavy (non-hydrogen) atoms. The number of sulfonamides is 1. The Bertz CT molecular complexity index is 760. The molecule has 0 bridgehead atoms. The Morgan fingerprint density at radius 1 is 1.38 bits per heavy atom. The maximum atomic E-state index is 13.5. The van der Waals surface area contributed by atoms with Crippen LogP contribution in [0, 0.1) is 17.7 Å². The number of carbonyl (C=O) groups excluding carboxylic acids is 1. The molecule has 0 atom stereocenters. The van der Waals surface area contributed by atoms with Gasteiger partial charge in [-0.15, -0.1) is 0 Å². The van der Waals surface area contributed by atoms with Gasteiger partial charge >= 0.3 is 0 Å². The van der Waals surface area contributed by atoms with Gasteiger partial charge in [-0.2, -0.15) is 0 Å². The first-order chi connectivity index (χ1) is 9.71. The molecule has 2 rings (SSSR count). The van der Waals surface area contributed by atoms with Crippen molar-refractivity contribution in [3.8, 4) is 11.8 Å². The maximum Gasteiger partial charge on any atom is 0.259 e. The second-order valence-electron chi connectivity index (χ2n) is 5.15. The van der Waals surface area contributed by atoms with Gasteiger partial charge < -0.3 is 5.73 Å². The van der Waals surface area contributed by atoms with Crippen molar-refractivity contribution >= 4 is 15.9 Å². The quantitative estimate of drug-likeness (QED) is 0.811. The lowest BCUT2D eigenvalue weighted by Gasteiger charge is -2.43. The number of rotatable bonds is 2. The number of nitrogens with two attached hydrogens (primary N) is 1. The summed E-state index contributed by atoms with van der Waals surface area (Å²) in [5.74, 6) is 4.11. The van der Waals surface area contributed by atoms with Crippen molar-refractivity contribution < 1.29 is 17.6 Å². The molecular formula is C14H15FN2O3S. The van der Waals surface area contributed by atoms with E-state index in [2.05, 4.69) is 11.8 Å². The molecule has 0 spiro atoms. The third-order valence-corrected chi connectivity index (χ3v) is 5.70. The highest BCUT2D eigenvalue weighted by molar-refractivity contribution is 7.94. The second-order valence-corrected chi connectivity index (χ2v) is 7.56. The molecule has 0 aromatic heterocycles. The van der Waals surface area contributed by atoms with Gasteiger partial charge in [0, 0.05) is 0 Å². The summed E-state index contributed by atoms with van der Waals surface area (Å²) in [6, 6.07) is 4.04. The van der Waals surface area contributed by atoms with Crippen LogP contribution in [-0.2, 0) is 21.4 Å². The van der Waals surface area contributed by atoms with Crippen molar-refractivity contribution in [2.45, 2.75) is 25.1 Å². The van der Waals surface area contributed by atoms with Crippen LogP contribution in [0.15, 0.2) is 18.2 Å². The SMILES string of the molecule is CC1(C)C(=O)N(Cc2ccc(F)c(C#CCN)c2)S1(=O)=O. The molecule has 0 aliphatic carbocycles. The normalized spacial score (nSPS) is 18.7. The third-order valence-electron chi connectivity index (χ3n) is 3.36. The predicted molar refractivity (Wildman–Crippen MR) is 75.9 cm³/mol. The van der Waals surface area contributed by atoms with Crippen molar-refractivity contribution in [3.05, 3.63) is 35.1 Å². The maximum absolute atomic E-state index is 13.5. The number of hydrogen-bond acceptors (Lipinski definition) is 4. The summed E-state index contributed by atoms with van der Waals surface area (Å²) in [6.07, 6.45) is 0. The fourth-order valence-electron chi connectivity index (χ4n) is 1.99. The number of hydrogen-bond donors (Lipinski definition) is 1. The third kappa shape index (κ3) is 2.41. The van der Waals surface area contributed by atoms with Crippen LogP contribution in [0.25, 0.3) is 0 Å². The van der Waals surface area contributed by atoms with E-state index in [0.717, 1.165) is 4.31 Å². The van der Waals surface area contributed by atoms with E-state index in [1.807, 2.05) is 0 Å². The van der Waals surface area contributed by atoms with E-state index in [0.29, 0.717) is 5.56 Å². The molecule has 5 nitrogen and oxygen atoms in total. The Balaban J connectivity index is 2.28. The van der Waals surface area contributed by atoms with Gasteiger partial charge in [0.1, 0.15) is 5.82 Å². The molecule has 1 heterocycles. The minimum absolute atomic E-state index is 0.0941. The molecule has 1 aliphatic heterocycles. The van der Waals surface area contributed by atoms with E-state index in [9.17, 15) is 17.6 Å². The van der Waals surface area contributed by atoms with Crippen molar-refractivity contribution in [2.24, 2.45) is 5.73 Å².